The van der Waals surface area contributed by atoms with Gasteiger partial charge in [-0.1, -0.05) is 0 Å². The third kappa shape index (κ3) is 2.96. The Labute approximate surface area is 91.7 Å². The Morgan fingerprint density at radius 3 is 1.31 bits per heavy atom. The van der Waals surface area contributed by atoms with E-state index in [9.17, 15) is 9.59 Å². The van der Waals surface area contributed by atoms with E-state index in [-0.39, 0.29) is 23.7 Å². The second-order valence-electron chi connectivity index (χ2n) is 3.83. The SMILES string of the molecule is N#C[C@@H]1C[C@@H]1C(=O)O.N#C[C@H]1C[C@H]1C(=O)O. The van der Waals surface area contributed by atoms with Crippen molar-refractivity contribution in [3.8, 4) is 12.1 Å². The van der Waals surface area contributed by atoms with Crippen LogP contribution in [0.5, 0.6) is 0 Å². The summed E-state index contributed by atoms with van der Waals surface area (Å²) in [6.45, 7) is 0. The van der Waals surface area contributed by atoms with Crippen LogP contribution in [-0.4, -0.2) is 22.2 Å². The van der Waals surface area contributed by atoms with Gasteiger partial charge in [0.05, 0.1) is 35.8 Å². The number of carboxylic acids is 2. The van der Waals surface area contributed by atoms with Crippen LogP contribution in [-0.2, 0) is 9.59 Å². The molecule has 0 aromatic carbocycles. The van der Waals surface area contributed by atoms with E-state index in [1.807, 2.05) is 12.1 Å². The molecule has 6 nitrogen and oxygen atoms in total. The van der Waals surface area contributed by atoms with E-state index in [2.05, 4.69) is 0 Å². The Bertz CT molecular complexity index is 355. The number of aliphatic carboxylic acids is 2. The number of nitrogens with zero attached hydrogens (tertiary/aromatic N) is 2. The van der Waals surface area contributed by atoms with Crippen LogP contribution in [0.2, 0.25) is 0 Å². The maximum atomic E-state index is 9.98. The third-order valence-corrected chi connectivity index (χ3v) is 2.55. The monoisotopic (exact) mass is 222 g/mol. The van der Waals surface area contributed by atoms with Crippen LogP contribution in [0, 0.1) is 46.3 Å². The summed E-state index contributed by atoms with van der Waals surface area (Å²) in [5.41, 5.74) is 0. The first kappa shape index (κ1) is 12.0. The average Bonchev–Trinajstić information content (AvgIpc) is 3.11. The second kappa shape index (κ2) is 4.63. The zero-order valence-corrected chi connectivity index (χ0v) is 8.33. The van der Waals surface area contributed by atoms with Crippen LogP contribution in [0.25, 0.3) is 0 Å². The summed E-state index contributed by atoms with van der Waals surface area (Å²) >= 11 is 0. The molecule has 0 spiro atoms. The predicted octanol–water partition coefficient (Wildman–Crippen LogP) is 0.461. The van der Waals surface area contributed by atoms with E-state index >= 15 is 0 Å². The standard InChI is InChI=1S/2C5H5NO2/c2*6-2-3-1-4(3)5(7)8/h2*3-4H,1H2,(H,7,8)/t2*3-,4-/m10/s1. The molecule has 2 fully saturated rings. The Morgan fingerprint density at radius 1 is 0.938 bits per heavy atom. The molecule has 16 heavy (non-hydrogen) atoms. The normalized spacial score (nSPS) is 33.4. The van der Waals surface area contributed by atoms with Crippen molar-refractivity contribution < 1.29 is 19.8 Å². The summed E-state index contributed by atoms with van der Waals surface area (Å²) in [6.07, 6.45) is 1.09. The third-order valence-electron chi connectivity index (χ3n) is 2.55. The highest BCUT2D eigenvalue weighted by Crippen LogP contribution is 2.37. The van der Waals surface area contributed by atoms with Crippen molar-refractivity contribution in [1.29, 1.82) is 10.5 Å². The largest absolute Gasteiger partial charge is 0.481 e. The Morgan fingerprint density at radius 2 is 1.25 bits per heavy atom. The number of carbonyl (C=O) groups is 2. The minimum absolute atomic E-state index is 0.201. The molecule has 0 amide bonds. The molecule has 0 aromatic rings. The van der Waals surface area contributed by atoms with Gasteiger partial charge < -0.3 is 10.2 Å². The molecule has 2 saturated carbocycles. The molecule has 0 unspecified atom stereocenters. The first-order valence-electron chi connectivity index (χ1n) is 4.76. The predicted molar refractivity (Wildman–Crippen MR) is 49.7 cm³/mol. The van der Waals surface area contributed by atoms with Crippen molar-refractivity contribution in [2.24, 2.45) is 23.7 Å². The number of hydrogen-bond donors (Lipinski definition) is 2. The topological polar surface area (TPSA) is 122 Å². The van der Waals surface area contributed by atoms with Crippen molar-refractivity contribution in [3.05, 3.63) is 0 Å². The first-order valence-corrected chi connectivity index (χ1v) is 4.76. The van der Waals surface area contributed by atoms with Crippen molar-refractivity contribution in [2.75, 3.05) is 0 Å². The van der Waals surface area contributed by atoms with Crippen molar-refractivity contribution in [1.82, 2.24) is 0 Å². The van der Waals surface area contributed by atoms with Crippen LogP contribution in [0.3, 0.4) is 0 Å². The average molecular weight is 222 g/mol. The molecule has 4 atom stereocenters. The van der Waals surface area contributed by atoms with E-state index in [1.54, 1.807) is 0 Å². The highest BCUT2D eigenvalue weighted by atomic mass is 16.4. The molecule has 2 aliphatic carbocycles. The summed E-state index contributed by atoms with van der Waals surface area (Å²) in [5.74, 6) is -2.80. The molecule has 2 aliphatic rings. The van der Waals surface area contributed by atoms with Gasteiger partial charge >= 0.3 is 11.9 Å². The fourth-order valence-electron chi connectivity index (χ4n) is 1.22. The van der Waals surface area contributed by atoms with E-state index in [1.165, 1.54) is 0 Å². The summed E-state index contributed by atoms with van der Waals surface area (Å²) in [5, 5.41) is 32.6. The van der Waals surface area contributed by atoms with Gasteiger partial charge in [-0.25, -0.2) is 0 Å². The molecule has 0 aliphatic heterocycles. The van der Waals surface area contributed by atoms with Crippen molar-refractivity contribution >= 4 is 11.9 Å². The van der Waals surface area contributed by atoms with Crippen LogP contribution < -0.4 is 0 Å². The first-order chi connectivity index (χ1) is 7.51. The highest BCUT2D eigenvalue weighted by Gasteiger charge is 2.43. The van der Waals surface area contributed by atoms with Gasteiger partial charge in [-0.2, -0.15) is 10.5 Å². The number of carboxylic acid groups (broad SMARTS) is 2. The molecular formula is C10H10N2O4. The fourth-order valence-corrected chi connectivity index (χ4v) is 1.22. The number of hydrogen-bond acceptors (Lipinski definition) is 4. The molecule has 2 N–H and O–H groups in total. The highest BCUT2D eigenvalue weighted by molar-refractivity contribution is 5.74. The molecule has 6 heteroatoms. The van der Waals surface area contributed by atoms with Crippen LogP contribution in [0.1, 0.15) is 12.8 Å². The van der Waals surface area contributed by atoms with E-state index in [0.717, 1.165) is 0 Å². The quantitative estimate of drug-likeness (QED) is 0.699. The lowest BCUT2D eigenvalue weighted by molar-refractivity contribution is -0.139. The van der Waals surface area contributed by atoms with E-state index in [4.69, 9.17) is 20.7 Å². The van der Waals surface area contributed by atoms with Gasteiger partial charge in [-0.05, 0) is 12.8 Å². The maximum absolute atomic E-state index is 9.98. The van der Waals surface area contributed by atoms with Gasteiger partial charge in [0.15, 0.2) is 0 Å². The molecule has 0 aromatic heterocycles. The lowest BCUT2D eigenvalue weighted by Crippen LogP contribution is -1.97. The van der Waals surface area contributed by atoms with Crippen LogP contribution in [0.4, 0.5) is 0 Å². The maximum Gasteiger partial charge on any atom is 0.307 e. The Hall–Kier alpha value is -2.08. The number of rotatable bonds is 2. The minimum Gasteiger partial charge on any atom is -0.481 e. The summed E-state index contributed by atoms with van der Waals surface area (Å²) in [7, 11) is 0. The zero-order chi connectivity index (χ0) is 12.3. The van der Waals surface area contributed by atoms with Gasteiger partial charge in [-0.3, -0.25) is 9.59 Å². The Kier molecular flexibility index (Phi) is 3.47. The lowest BCUT2D eigenvalue weighted by atomic mass is 10.3. The molecule has 2 rings (SSSR count). The van der Waals surface area contributed by atoms with Crippen LogP contribution >= 0.6 is 0 Å². The minimum atomic E-state index is -0.837. The van der Waals surface area contributed by atoms with Gasteiger partial charge in [0.25, 0.3) is 0 Å². The summed E-state index contributed by atoms with van der Waals surface area (Å²) in [4.78, 5) is 20.0. The van der Waals surface area contributed by atoms with Crippen LogP contribution in [0.15, 0.2) is 0 Å². The molecule has 84 valence electrons. The summed E-state index contributed by atoms with van der Waals surface area (Å²) < 4.78 is 0. The van der Waals surface area contributed by atoms with E-state index in [0.29, 0.717) is 12.8 Å². The van der Waals surface area contributed by atoms with Crippen molar-refractivity contribution in [3.63, 3.8) is 0 Å². The Balaban J connectivity index is 0.000000160. The van der Waals surface area contributed by atoms with Gasteiger partial charge in [0.1, 0.15) is 0 Å². The molecule has 0 bridgehead atoms. The smallest absolute Gasteiger partial charge is 0.307 e. The summed E-state index contributed by atoms with van der Waals surface area (Å²) in [6, 6.07) is 3.78. The molecule has 0 heterocycles. The molecule has 0 radical (unpaired) electrons. The van der Waals surface area contributed by atoms with Gasteiger partial charge in [0.2, 0.25) is 0 Å². The second-order valence-corrected chi connectivity index (χ2v) is 3.83. The number of nitriles is 2. The van der Waals surface area contributed by atoms with E-state index < -0.39 is 11.9 Å². The zero-order valence-electron chi connectivity index (χ0n) is 8.33. The molecule has 0 saturated heterocycles. The van der Waals surface area contributed by atoms with Gasteiger partial charge in [0, 0.05) is 0 Å². The molecular weight excluding hydrogens is 212 g/mol. The van der Waals surface area contributed by atoms with Gasteiger partial charge in [-0.15, -0.1) is 0 Å². The van der Waals surface area contributed by atoms with Crippen molar-refractivity contribution in [2.45, 2.75) is 12.8 Å². The fraction of sp³-hybridized carbons (Fsp3) is 0.600. The lowest BCUT2D eigenvalue weighted by Gasteiger charge is -1.78.